The molecule has 2 fully saturated rings. The van der Waals surface area contributed by atoms with Crippen LogP contribution in [0, 0.1) is 11.9 Å². The summed E-state index contributed by atoms with van der Waals surface area (Å²) >= 11 is 0. The van der Waals surface area contributed by atoms with Crippen LogP contribution in [0.2, 0.25) is 0 Å². The Hall–Kier alpha value is -3.52. The molecule has 1 atom stereocenters. The number of allylic oxidation sites excluding steroid dienone is 1. The molecule has 0 amide bonds. The summed E-state index contributed by atoms with van der Waals surface area (Å²) in [6, 6.07) is 23.9. The minimum Gasteiger partial charge on any atom is -0.372 e. The third-order valence-electron chi connectivity index (χ3n) is 9.83. The summed E-state index contributed by atoms with van der Waals surface area (Å²) in [4.78, 5) is 2.46. The van der Waals surface area contributed by atoms with Crippen LogP contribution in [0.15, 0.2) is 66.7 Å². The highest BCUT2D eigenvalue weighted by molar-refractivity contribution is 6.03. The van der Waals surface area contributed by atoms with Crippen LogP contribution in [-0.4, -0.2) is 50.0 Å². The molecule has 0 bridgehead atoms. The average molecular weight is 596 g/mol. The maximum atomic E-state index is 15.8. The molecule has 44 heavy (non-hydrogen) atoms. The van der Waals surface area contributed by atoms with E-state index in [2.05, 4.69) is 76.7 Å². The maximum Gasteiger partial charge on any atom is 0.240 e. The van der Waals surface area contributed by atoms with Gasteiger partial charge in [0.25, 0.3) is 0 Å². The van der Waals surface area contributed by atoms with Gasteiger partial charge in [-0.2, -0.15) is 4.39 Å². The Morgan fingerprint density at radius 3 is 2.32 bits per heavy atom. The third kappa shape index (κ3) is 5.46. The average Bonchev–Trinajstić information content (AvgIpc) is 3.30. The van der Waals surface area contributed by atoms with Crippen molar-refractivity contribution in [3.63, 3.8) is 0 Å². The van der Waals surface area contributed by atoms with Crippen molar-refractivity contribution in [2.24, 2.45) is 5.92 Å². The maximum absolute atomic E-state index is 15.8. The van der Waals surface area contributed by atoms with E-state index >= 15 is 4.39 Å². The number of hydrogen-bond acceptors (Lipinski definition) is 5. The molecule has 1 unspecified atom stereocenters. The molecule has 1 aliphatic carbocycles. The fourth-order valence-corrected chi connectivity index (χ4v) is 7.62. The van der Waals surface area contributed by atoms with Crippen LogP contribution < -0.4 is 4.90 Å². The number of aryl methyl sites for hydroxylation is 1. The van der Waals surface area contributed by atoms with Gasteiger partial charge in [-0.05, 0) is 103 Å². The molecule has 0 radical (unpaired) electrons. The van der Waals surface area contributed by atoms with Gasteiger partial charge in [0.1, 0.15) is 0 Å². The number of halogens is 1. The number of rotatable bonds is 7. The molecule has 2 aliphatic heterocycles. The Morgan fingerprint density at radius 1 is 0.841 bits per heavy atom. The first-order valence-electron chi connectivity index (χ1n) is 16.2. The minimum atomic E-state index is -0.392. The fourth-order valence-electron chi connectivity index (χ4n) is 7.62. The van der Waals surface area contributed by atoms with Crippen molar-refractivity contribution in [3.05, 3.63) is 94.9 Å². The number of anilines is 1. The molecule has 2 saturated heterocycles. The lowest BCUT2D eigenvalue weighted by atomic mass is 9.87. The molecule has 0 saturated carbocycles. The highest BCUT2D eigenvalue weighted by Gasteiger charge is 2.29. The molecule has 3 heterocycles. The van der Waals surface area contributed by atoms with Gasteiger partial charge in [-0.15, -0.1) is 5.10 Å². The van der Waals surface area contributed by atoms with E-state index in [4.69, 9.17) is 14.2 Å². The predicted octanol–water partition coefficient (Wildman–Crippen LogP) is 8.01. The SMILES string of the molecule is COC(OC)C1CCN(c2ccc(C3=C(c4ccccc4)CCCc4c3ccc3c4c(F)nn3C3CCCCO3)cc2)CC1. The van der Waals surface area contributed by atoms with Gasteiger partial charge in [0.2, 0.25) is 5.95 Å². The van der Waals surface area contributed by atoms with Crippen LogP contribution in [-0.2, 0) is 20.6 Å². The number of ether oxygens (including phenoxy) is 3. The van der Waals surface area contributed by atoms with Gasteiger partial charge in [0.05, 0.1) is 10.9 Å². The van der Waals surface area contributed by atoms with Crippen molar-refractivity contribution in [3.8, 4) is 0 Å². The van der Waals surface area contributed by atoms with Crippen LogP contribution in [0.1, 0.15) is 73.4 Å². The first kappa shape index (κ1) is 29.2. The van der Waals surface area contributed by atoms with Gasteiger partial charge in [-0.1, -0.05) is 48.5 Å². The smallest absolute Gasteiger partial charge is 0.240 e. The Morgan fingerprint density at radius 2 is 1.61 bits per heavy atom. The molecule has 6 nitrogen and oxygen atoms in total. The van der Waals surface area contributed by atoms with Crippen molar-refractivity contribution in [1.82, 2.24) is 9.78 Å². The number of piperidine rings is 1. The van der Waals surface area contributed by atoms with Crippen LogP contribution in [0.4, 0.5) is 10.1 Å². The molecule has 7 heteroatoms. The third-order valence-corrected chi connectivity index (χ3v) is 9.83. The van der Waals surface area contributed by atoms with Crippen LogP contribution in [0.3, 0.4) is 0 Å². The van der Waals surface area contributed by atoms with Crippen LogP contribution >= 0.6 is 0 Å². The van der Waals surface area contributed by atoms with E-state index in [9.17, 15) is 0 Å². The summed E-state index contributed by atoms with van der Waals surface area (Å²) < 4.78 is 34.7. The predicted molar refractivity (Wildman–Crippen MR) is 173 cm³/mol. The number of benzene rings is 3. The van der Waals surface area contributed by atoms with Gasteiger partial charge < -0.3 is 19.1 Å². The van der Waals surface area contributed by atoms with E-state index in [1.54, 1.807) is 18.9 Å². The Bertz CT molecular complexity index is 1610. The molecule has 1 aromatic heterocycles. The van der Waals surface area contributed by atoms with Crippen molar-refractivity contribution in [2.45, 2.75) is 63.9 Å². The summed E-state index contributed by atoms with van der Waals surface area (Å²) in [5, 5.41) is 5.05. The van der Waals surface area contributed by atoms with Gasteiger partial charge in [0.15, 0.2) is 12.5 Å². The summed E-state index contributed by atoms with van der Waals surface area (Å²) in [6.07, 6.45) is 7.37. The Labute approximate surface area is 259 Å². The molecular weight excluding hydrogens is 553 g/mol. The van der Waals surface area contributed by atoms with Gasteiger partial charge in [0, 0.05) is 45.5 Å². The zero-order valence-corrected chi connectivity index (χ0v) is 25.8. The monoisotopic (exact) mass is 595 g/mol. The normalized spacial score (nSPS) is 19.9. The summed E-state index contributed by atoms with van der Waals surface area (Å²) in [7, 11) is 3.44. The van der Waals surface area contributed by atoms with E-state index < -0.39 is 5.95 Å². The highest BCUT2D eigenvalue weighted by Crippen LogP contribution is 2.43. The van der Waals surface area contributed by atoms with Gasteiger partial charge >= 0.3 is 0 Å². The molecule has 0 spiro atoms. The fraction of sp³-hybridized carbons (Fsp3) is 0.432. The van der Waals surface area contributed by atoms with Crippen LogP contribution in [0.25, 0.3) is 22.0 Å². The molecule has 3 aliphatic rings. The number of aromatic nitrogens is 2. The molecule has 230 valence electrons. The van der Waals surface area contributed by atoms with E-state index in [0.29, 0.717) is 17.9 Å². The van der Waals surface area contributed by atoms with E-state index in [1.165, 1.54) is 22.4 Å². The molecular formula is C37H42FN3O3. The lowest BCUT2D eigenvalue weighted by Crippen LogP contribution is -2.39. The topological polar surface area (TPSA) is 48.8 Å². The largest absolute Gasteiger partial charge is 0.372 e. The second-order valence-electron chi connectivity index (χ2n) is 12.3. The summed E-state index contributed by atoms with van der Waals surface area (Å²) in [5.41, 5.74) is 9.11. The van der Waals surface area contributed by atoms with E-state index in [1.807, 2.05) is 0 Å². The second-order valence-corrected chi connectivity index (χ2v) is 12.3. The Kier molecular flexibility index (Phi) is 8.52. The molecule has 4 aromatic rings. The van der Waals surface area contributed by atoms with Gasteiger partial charge in [-0.3, -0.25) is 0 Å². The molecule has 7 rings (SSSR count). The lowest BCUT2D eigenvalue weighted by molar-refractivity contribution is -0.141. The standard InChI is InChI=1S/C37H42FN3O3/c1-42-37(43-2)27-20-22-40(23-21-27)28-16-14-26(15-17-28)34-29(25-9-4-3-5-10-25)11-8-12-30-31(34)18-19-32-35(30)36(38)39-41(32)33-13-6-7-24-44-33/h3-5,9-10,14-19,27,33,37H,6-8,11-13,20-24H2,1-2H3. The van der Waals surface area contributed by atoms with Crippen molar-refractivity contribution >= 4 is 27.7 Å². The number of methoxy groups -OCH3 is 2. The first-order valence-corrected chi connectivity index (χ1v) is 16.2. The highest BCUT2D eigenvalue weighted by atomic mass is 19.1. The Balaban J connectivity index is 1.28. The lowest BCUT2D eigenvalue weighted by Gasteiger charge is -2.36. The molecule has 0 N–H and O–H groups in total. The number of fused-ring (bicyclic) bond motifs is 3. The summed E-state index contributed by atoms with van der Waals surface area (Å²) in [6.45, 7) is 2.64. The number of hydrogen-bond donors (Lipinski definition) is 0. The van der Waals surface area contributed by atoms with E-state index in [-0.39, 0.29) is 12.5 Å². The van der Waals surface area contributed by atoms with Crippen molar-refractivity contribution in [2.75, 3.05) is 38.8 Å². The van der Waals surface area contributed by atoms with Gasteiger partial charge in [-0.25, -0.2) is 4.68 Å². The quantitative estimate of drug-likeness (QED) is 0.203. The van der Waals surface area contributed by atoms with Crippen molar-refractivity contribution in [1.29, 1.82) is 0 Å². The first-order chi connectivity index (χ1) is 21.7. The molecule has 3 aromatic carbocycles. The number of nitrogens with zero attached hydrogens (tertiary/aromatic N) is 3. The second kappa shape index (κ2) is 12.8. The van der Waals surface area contributed by atoms with Crippen molar-refractivity contribution < 1.29 is 18.6 Å². The van der Waals surface area contributed by atoms with Crippen LogP contribution in [0.5, 0.6) is 0 Å². The summed E-state index contributed by atoms with van der Waals surface area (Å²) in [5.74, 6) is 0.0179. The zero-order chi connectivity index (χ0) is 30.0. The minimum absolute atomic E-state index is 0.142. The van der Waals surface area contributed by atoms with E-state index in [0.717, 1.165) is 86.7 Å². The zero-order valence-electron chi connectivity index (χ0n) is 25.8.